The molecule has 1 aliphatic rings. The van der Waals surface area contributed by atoms with Crippen LogP contribution in [0, 0.1) is 0 Å². The summed E-state index contributed by atoms with van der Waals surface area (Å²) in [7, 11) is 0. The van der Waals surface area contributed by atoms with Crippen molar-refractivity contribution in [1.82, 2.24) is 9.13 Å². The molecule has 0 fully saturated rings. The molecule has 0 N–H and O–H groups in total. The number of hydrogen-bond acceptors (Lipinski definition) is 0. The van der Waals surface area contributed by atoms with Gasteiger partial charge in [-0.05, 0) is 89.9 Å². The summed E-state index contributed by atoms with van der Waals surface area (Å²) >= 11 is 0. The van der Waals surface area contributed by atoms with E-state index < -0.39 is 0 Å². The van der Waals surface area contributed by atoms with Crippen molar-refractivity contribution in [2.45, 2.75) is 25.7 Å². The Morgan fingerprint density at radius 3 is 1.70 bits per heavy atom. The minimum atomic E-state index is 1.10. The molecule has 8 aromatic rings. The zero-order valence-corrected chi connectivity index (χ0v) is 24.6. The van der Waals surface area contributed by atoms with Crippen LogP contribution in [0.3, 0.4) is 0 Å². The fraction of sp³-hybridized carbons (Fsp3) is 0.0952. The molecule has 0 radical (unpaired) electrons. The molecule has 0 bridgehead atoms. The van der Waals surface area contributed by atoms with Crippen molar-refractivity contribution < 1.29 is 0 Å². The molecule has 0 atom stereocenters. The van der Waals surface area contributed by atoms with Crippen LogP contribution in [0.5, 0.6) is 0 Å². The van der Waals surface area contributed by atoms with E-state index in [9.17, 15) is 0 Å². The highest BCUT2D eigenvalue weighted by Gasteiger charge is 2.25. The van der Waals surface area contributed by atoms with Gasteiger partial charge >= 0.3 is 0 Å². The van der Waals surface area contributed by atoms with Crippen LogP contribution >= 0.6 is 0 Å². The van der Waals surface area contributed by atoms with E-state index in [0.717, 1.165) is 12.8 Å². The second kappa shape index (κ2) is 10.1. The standard InChI is InChI=1S/C42H32N2/c1-3-13-29(14-4-1)31-17-11-19-33(27-31)43-39-24-10-8-22-37(39)41-40(43)26-25-36-35-21-7-9-23-38(35)44(42(36)41)34-20-12-18-32(28-34)30-15-5-2-6-16-30/h1-7,9,11-21,23,25-28H,8,10,22,24H2. The maximum Gasteiger partial charge on any atom is 0.0637 e. The van der Waals surface area contributed by atoms with E-state index in [0.29, 0.717) is 0 Å². The highest BCUT2D eigenvalue weighted by Crippen LogP contribution is 2.43. The van der Waals surface area contributed by atoms with Gasteiger partial charge in [-0.15, -0.1) is 0 Å². The molecular formula is C42H32N2. The third-order valence-corrected chi connectivity index (χ3v) is 9.49. The first kappa shape index (κ1) is 25.2. The lowest BCUT2D eigenvalue weighted by Crippen LogP contribution is -2.07. The van der Waals surface area contributed by atoms with Gasteiger partial charge in [0.25, 0.3) is 0 Å². The van der Waals surface area contributed by atoms with Gasteiger partial charge in [0.15, 0.2) is 0 Å². The molecule has 0 saturated carbocycles. The van der Waals surface area contributed by atoms with Gasteiger partial charge < -0.3 is 9.13 Å². The number of para-hydroxylation sites is 1. The monoisotopic (exact) mass is 564 g/mol. The zero-order chi connectivity index (χ0) is 29.0. The molecule has 9 rings (SSSR count). The second-order valence-electron chi connectivity index (χ2n) is 12.0. The normalized spacial score (nSPS) is 13.1. The van der Waals surface area contributed by atoms with E-state index >= 15 is 0 Å². The molecule has 2 heteroatoms. The average molecular weight is 565 g/mol. The Morgan fingerprint density at radius 2 is 1.00 bits per heavy atom. The first-order valence-electron chi connectivity index (χ1n) is 15.8. The molecule has 0 saturated heterocycles. The molecule has 6 aromatic carbocycles. The van der Waals surface area contributed by atoms with E-state index in [1.165, 1.54) is 90.4 Å². The number of nitrogens with zero attached hydrogens (tertiary/aromatic N) is 2. The summed E-state index contributed by atoms with van der Waals surface area (Å²) in [6.07, 6.45) is 4.68. The molecule has 0 unspecified atom stereocenters. The van der Waals surface area contributed by atoms with Gasteiger partial charge in [0, 0.05) is 33.2 Å². The summed E-state index contributed by atoms with van der Waals surface area (Å²) in [5, 5.41) is 4.03. The minimum Gasteiger partial charge on any atom is -0.313 e. The summed E-state index contributed by atoms with van der Waals surface area (Å²) in [5.41, 5.74) is 14.3. The van der Waals surface area contributed by atoms with Crippen LogP contribution in [0.4, 0.5) is 0 Å². The molecule has 0 spiro atoms. The lowest BCUT2D eigenvalue weighted by molar-refractivity contribution is 0.667. The zero-order valence-electron chi connectivity index (χ0n) is 24.6. The van der Waals surface area contributed by atoms with Crippen LogP contribution in [0.15, 0.2) is 146 Å². The third kappa shape index (κ3) is 3.88. The average Bonchev–Trinajstić information content (AvgIpc) is 3.62. The van der Waals surface area contributed by atoms with Crippen LogP contribution in [0.25, 0.3) is 66.3 Å². The molecular weight excluding hydrogens is 532 g/mol. The molecule has 2 heterocycles. The largest absolute Gasteiger partial charge is 0.313 e. The quantitative estimate of drug-likeness (QED) is 0.201. The maximum atomic E-state index is 2.57. The topological polar surface area (TPSA) is 9.86 Å². The van der Waals surface area contributed by atoms with E-state index in [1.54, 1.807) is 0 Å². The summed E-state index contributed by atoms with van der Waals surface area (Å²) in [6.45, 7) is 0. The molecule has 2 aromatic heterocycles. The maximum absolute atomic E-state index is 2.57. The Hall–Kier alpha value is -5.34. The van der Waals surface area contributed by atoms with Crippen LogP contribution in [-0.4, -0.2) is 9.13 Å². The lowest BCUT2D eigenvalue weighted by atomic mass is 9.94. The fourth-order valence-corrected chi connectivity index (χ4v) is 7.56. The van der Waals surface area contributed by atoms with Gasteiger partial charge in [-0.2, -0.15) is 0 Å². The second-order valence-corrected chi connectivity index (χ2v) is 12.0. The number of hydrogen-bond donors (Lipinski definition) is 0. The Kier molecular flexibility index (Phi) is 5.80. The summed E-state index contributed by atoms with van der Waals surface area (Å²) in [4.78, 5) is 0. The van der Waals surface area contributed by atoms with Crippen molar-refractivity contribution in [3.8, 4) is 33.6 Å². The van der Waals surface area contributed by atoms with Gasteiger partial charge in [0.1, 0.15) is 0 Å². The summed E-state index contributed by atoms with van der Waals surface area (Å²) < 4.78 is 5.09. The van der Waals surface area contributed by atoms with Gasteiger partial charge in [-0.1, -0.05) is 109 Å². The van der Waals surface area contributed by atoms with E-state index in [4.69, 9.17) is 0 Å². The number of benzene rings is 6. The predicted molar refractivity (Wildman–Crippen MR) is 185 cm³/mol. The van der Waals surface area contributed by atoms with Gasteiger partial charge in [0.2, 0.25) is 0 Å². The Labute approximate surface area is 257 Å². The Bertz CT molecular complexity index is 2320. The van der Waals surface area contributed by atoms with Gasteiger partial charge in [0.05, 0.1) is 16.6 Å². The highest BCUT2D eigenvalue weighted by molar-refractivity contribution is 6.19. The van der Waals surface area contributed by atoms with Crippen molar-refractivity contribution in [2.75, 3.05) is 0 Å². The minimum absolute atomic E-state index is 1.10. The van der Waals surface area contributed by atoms with E-state index in [1.807, 2.05) is 0 Å². The molecule has 0 amide bonds. The summed E-state index contributed by atoms with van der Waals surface area (Å²) in [6, 6.07) is 53.2. The third-order valence-electron chi connectivity index (χ3n) is 9.49. The number of rotatable bonds is 4. The SMILES string of the molecule is c1ccc(-c2cccc(-n3c4c(c5c3ccc3c6ccccc6n(-c6cccc(-c7ccccc7)c6)c35)CCCC4)c2)cc1. The fourth-order valence-electron chi connectivity index (χ4n) is 7.56. The molecule has 2 nitrogen and oxygen atoms in total. The van der Waals surface area contributed by atoms with Crippen molar-refractivity contribution >= 4 is 32.7 Å². The summed E-state index contributed by atoms with van der Waals surface area (Å²) in [5.74, 6) is 0. The molecule has 44 heavy (non-hydrogen) atoms. The van der Waals surface area contributed by atoms with Crippen molar-refractivity contribution in [3.63, 3.8) is 0 Å². The highest BCUT2D eigenvalue weighted by atomic mass is 15.0. The smallest absolute Gasteiger partial charge is 0.0637 e. The number of aromatic nitrogens is 2. The van der Waals surface area contributed by atoms with Gasteiger partial charge in [-0.25, -0.2) is 0 Å². The Morgan fingerprint density at radius 1 is 0.409 bits per heavy atom. The first-order chi connectivity index (χ1) is 21.8. The van der Waals surface area contributed by atoms with Crippen molar-refractivity contribution in [2.24, 2.45) is 0 Å². The van der Waals surface area contributed by atoms with Crippen LogP contribution in [-0.2, 0) is 12.8 Å². The molecule has 210 valence electrons. The van der Waals surface area contributed by atoms with Gasteiger partial charge in [-0.3, -0.25) is 0 Å². The van der Waals surface area contributed by atoms with Crippen LogP contribution < -0.4 is 0 Å². The lowest BCUT2D eigenvalue weighted by Gasteiger charge is -2.17. The van der Waals surface area contributed by atoms with Crippen molar-refractivity contribution in [3.05, 3.63) is 157 Å². The van der Waals surface area contributed by atoms with Crippen LogP contribution in [0.2, 0.25) is 0 Å². The predicted octanol–water partition coefficient (Wildman–Crippen LogP) is 10.9. The number of fused-ring (bicyclic) bond motifs is 7. The Balaban J connectivity index is 1.36. The number of aryl methyl sites for hydroxylation is 1. The van der Waals surface area contributed by atoms with E-state index in [-0.39, 0.29) is 0 Å². The molecule has 1 aliphatic carbocycles. The van der Waals surface area contributed by atoms with Crippen molar-refractivity contribution in [1.29, 1.82) is 0 Å². The first-order valence-corrected chi connectivity index (χ1v) is 15.8. The van der Waals surface area contributed by atoms with E-state index in [2.05, 4.69) is 155 Å². The molecule has 0 aliphatic heterocycles. The van der Waals surface area contributed by atoms with Crippen LogP contribution in [0.1, 0.15) is 24.1 Å².